The number of anilines is 1. The minimum absolute atomic E-state index is 0.0240. The Hall–Kier alpha value is -3.27. The van der Waals surface area contributed by atoms with Crippen LogP contribution in [0.4, 0.5) is 10.1 Å². The van der Waals surface area contributed by atoms with Gasteiger partial charge in [-0.15, -0.1) is 0 Å². The van der Waals surface area contributed by atoms with Gasteiger partial charge >= 0.3 is 0 Å². The van der Waals surface area contributed by atoms with Gasteiger partial charge in [0.05, 0.1) is 23.8 Å². The molecule has 3 aromatic carbocycles. The molecule has 172 valence electrons. The van der Waals surface area contributed by atoms with E-state index in [1.165, 1.54) is 46.8 Å². The van der Waals surface area contributed by atoms with E-state index in [9.17, 15) is 17.6 Å². The molecule has 1 saturated heterocycles. The van der Waals surface area contributed by atoms with Crippen LogP contribution in [0.5, 0.6) is 11.5 Å². The van der Waals surface area contributed by atoms with Gasteiger partial charge in [0.2, 0.25) is 10.0 Å². The largest absolute Gasteiger partial charge is 0.455 e. The number of halogens is 1. The second-order valence-corrected chi connectivity index (χ2v) is 9.44. The third kappa shape index (κ3) is 5.22. The topological polar surface area (TPSA) is 84.9 Å². The van der Waals surface area contributed by atoms with Crippen molar-refractivity contribution >= 4 is 21.6 Å². The highest BCUT2D eigenvalue weighted by atomic mass is 32.2. The SMILES string of the molecule is Cc1ccccc1C(=O)Nc1cc(S(=O)(=O)N2CCOCC2)ccc1Oc1ccc(F)cc1. The van der Waals surface area contributed by atoms with Crippen molar-refractivity contribution < 1.29 is 27.1 Å². The number of nitrogens with one attached hydrogen (secondary N) is 1. The average molecular weight is 471 g/mol. The fourth-order valence-corrected chi connectivity index (χ4v) is 4.87. The smallest absolute Gasteiger partial charge is 0.256 e. The van der Waals surface area contributed by atoms with Crippen LogP contribution in [0.1, 0.15) is 15.9 Å². The molecule has 0 bridgehead atoms. The van der Waals surface area contributed by atoms with Crippen LogP contribution in [-0.4, -0.2) is 44.9 Å². The zero-order valence-corrected chi connectivity index (χ0v) is 18.8. The second-order valence-electron chi connectivity index (χ2n) is 7.50. The van der Waals surface area contributed by atoms with E-state index in [0.29, 0.717) is 24.5 Å². The number of benzene rings is 3. The Kier molecular flexibility index (Phi) is 6.73. The van der Waals surface area contributed by atoms with Crippen LogP contribution in [0.2, 0.25) is 0 Å². The Morgan fingerprint density at radius 1 is 1.03 bits per heavy atom. The standard InChI is InChI=1S/C24H23FN2O5S/c1-17-4-2-3-5-21(17)24(28)26-22-16-20(33(29,30)27-12-14-31-15-13-27)10-11-23(22)32-19-8-6-18(25)7-9-19/h2-11,16H,12-15H2,1H3,(H,26,28). The Labute approximate surface area is 191 Å². The number of amides is 1. The van der Waals surface area contributed by atoms with Crippen LogP contribution in [0.3, 0.4) is 0 Å². The first-order valence-electron chi connectivity index (χ1n) is 10.4. The summed E-state index contributed by atoms with van der Waals surface area (Å²) in [4.78, 5) is 13.0. The van der Waals surface area contributed by atoms with Gasteiger partial charge in [-0.3, -0.25) is 4.79 Å². The van der Waals surface area contributed by atoms with E-state index in [1.54, 1.807) is 12.1 Å². The lowest BCUT2D eigenvalue weighted by Gasteiger charge is -2.26. The summed E-state index contributed by atoms with van der Waals surface area (Å²) in [5.74, 6) is -0.253. The monoisotopic (exact) mass is 470 g/mol. The summed E-state index contributed by atoms with van der Waals surface area (Å²) < 4.78 is 52.0. The lowest BCUT2D eigenvalue weighted by atomic mass is 10.1. The van der Waals surface area contributed by atoms with Gasteiger partial charge in [-0.1, -0.05) is 18.2 Å². The van der Waals surface area contributed by atoms with E-state index in [1.807, 2.05) is 19.1 Å². The van der Waals surface area contributed by atoms with Crippen molar-refractivity contribution in [1.82, 2.24) is 4.31 Å². The van der Waals surface area contributed by atoms with Crippen LogP contribution >= 0.6 is 0 Å². The highest BCUT2D eigenvalue weighted by molar-refractivity contribution is 7.89. The third-order valence-electron chi connectivity index (χ3n) is 5.24. The fourth-order valence-electron chi connectivity index (χ4n) is 3.44. The minimum atomic E-state index is -3.79. The first-order chi connectivity index (χ1) is 15.8. The van der Waals surface area contributed by atoms with Gasteiger partial charge in [0.1, 0.15) is 11.6 Å². The molecule has 1 aliphatic rings. The van der Waals surface area contributed by atoms with Gasteiger partial charge in [-0.05, 0) is 61.0 Å². The molecule has 0 aliphatic carbocycles. The lowest BCUT2D eigenvalue weighted by molar-refractivity contribution is 0.0730. The van der Waals surface area contributed by atoms with E-state index < -0.39 is 21.7 Å². The normalized spacial score (nSPS) is 14.6. The summed E-state index contributed by atoms with van der Waals surface area (Å²) in [5.41, 5.74) is 1.40. The number of sulfonamides is 1. The molecule has 1 fully saturated rings. The number of ether oxygens (including phenoxy) is 2. The van der Waals surface area contributed by atoms with Crippen LogP contribution < -0.4 is 10.1 Å². The van der Waals surface area contributed by atoms with Gasteiger partial charge < -0.3 is 14.8 Å². The maximum absolute atomic E-state index is 13.3. The summed E-state index contributed by atoms with van der Waals surface area (Å²) in [6, 6.07) is 16.7. The van der Waals surface area contributed by atoms with Crippen LogP contribution in [0.15, 0.2) is 71.6 Å². The molecule has 0 saturated carbocycles. The van der Waals surface area contributed by atoms with E-state index in [2.05, 4.69) is 5.32 Å². The number of hydrogen-bond acceptors (Lipinski definition) is 5. The van der Waals surface area contributed by atoms with Gasteiger partial charge in [-0.2, -0.15) is 4.31 Å². The molecule has 1 aliphatic heterocycles. The molecular weight excluding hydrogens is 447 g/mol. The van der Waals surface area contributed by atoms with Crippen molar-refractivity contribution in [2.75, 3.05) is 31.6 Å². The highest BCUT2D eigenvalue weighted by Crippen LogP contribution is 2.33. The molecular formula is C24H23FN2O5S. The van der Waals surface area contributed by atoms with Gasteiger partial charge in [0, 0.05) is 18.7 Å². The van der Waals surface area contributed by atoms with E-state index in [-0.39, 0.29) is 29.4 Å². The summed E-state index contributed by atoms with van der Waals surface area (Å²) in [5, 5.41) is 2.77. The second kappa shape index (κ2) is 9.70. The molecule has 3 aromatic rings. The van der Waals surface area contributed by atoms with E-state index in [0.717, 1.165) is 5.56 Å². The fraction of sp³-hybridized carbons (Fsp3) is 0.208. The van der Waals surface area contributed by atoms with Crippen molar-refractivity contribution in [2.45, 2.75) is 11.8 Å². The van der Waals surface area contributed by atoms with Gasteiger partial charge in [0.15, 0.2) is 5.75 Å². The van der Waals surface area contributed by atoms with Crippen LogP contribution in [0.25, 0.3) is 0 Å². The minimum Gasteiger partial charge on any atom is -0.455 e. The Morgan fingerprint density at radius 2 is 1.73 bits per heavy atom. The number of morpholine rings is 1. The maximum atomic E-state index is 13.3. The summed E-state index contributed by atoms with van der Waals surface area (Å²) >= 11 is 0. The Morgan fingerprint density at radius 3 is 2.42 bits per heavy atom. The average Bonchev–Trinajstić information content (AvgIpc) is 2.82. The molecule has 0 aromatic heterocycles. The lowest BCUT2D eigenvalue weighted by Crippen LogP contribution is -2.40. The number of rotatable bonds is 6. The zero-order valence-electron chi connectivity index (χ0n) is 18.0. The molecule has 4 rings (SSSR count). The first kappa shape index (κ1) is 22.9. The van der Waals surface area contributed by atoms with Crippen molar-refractivity contribution in [3.63, 3.8) is 0 Å². The van der Waals surface area contributed by atoms with Crippen LogP contribution in [-0.2, 0) is 14.8 Å². The van der Waals surface area contributed by atoms with Crippen molar-refractivity contribution in [3.8, 4) is 11.5 Å². The summed E-state index contributed by atoms with van der Waals surface area (Å²) in [6.07, 6.45) is 0. The molecule has 9 heteroatoms. The van der Waals surface area contributed by atoms with Crippen molar-refractivity contribution in [1.29, 1.82) is 0 Å². The number of hydrogen-bond donors (Lipinski definition) is 1. The molecule has 33 heavy (non-hydrogen) atoms. The van der Waals surface area contributed by atoms with E-state index >= 15 is 0 Å². The molecule has 0 atom stereocenters. The third-order valence-corrected chi connectivity index (χ3v) is 7.13. The van der Waals surface area contributed by atoms with Crippen LogP contribution in [0, 0.1) is 12.7 Å². The number of nitrogens with zero attached hydrogens (tertiary/aromatic N) is 1. The van der Waals surface area contributed by atoms with Gasteiger partial charge in [0.25, 0.3) is 5.91 Å². The highest BCUT2D eigenvalue weighted by Gasteiger charge is 2.27. The predicted molar refractivity (Wildman–Crippen MR) is 122 cm³/mol. The molecule has 7 nitrogen and oxygen atoms in total. The molecule has 0 spiro atoms. The quantitative estimate of drug-likeness (QED) is 0.584. The molecule has 1 amide bonds. The number of carbonyl (C=O) groups is 1. The molecule has 0 unspecified atom stereocenters. The molecule has 0 radical (unpaired) electrons. The number of carbonyl (C=O) groups excluding carboxylic acids is 1. The van der Waals surface area contributed by atoms with Gasteiger partial charge in [-0.25, -0.2) is 12.8 Å². The predicted octanol–water partition coefficient (Wildman–Crippen LogP) is 4.20. The first-order valence-corrected chi connectivity index (χ1v) is 11.8. The maximum Gasteiger partial charge on any atom is 0.256 e. The van der Waals surface area contributed by atoms with E-state index in [4.69, 9.17) is 9.47 Å². The Bertz CT molecular complexity index is 1260. The zero-order chi connectivity index (χ0) is 23.4. The molecule has 1 N–H and O–H groups in total. The van der Waals surface area contributed by atoms with Crippen molar-refractivity contribution in [3.05, 3.63) is 83.7 Å². The van der Waals surface area contributed by atoms with Crippen molar-refractivity contribution in [2.24, 2.45) is 0 Å². The molecule has 1 heterocycles. The summed E-state index contributed by atoms with van der Waals surface area (Å²) in [7, 11) is -3.79. The summed E-state index contributed by atoms with van der Waals surface area (Å²) in [6.45, 7) is 2.95. The Balaban J connectivity index is 1.70. The number of aryl methyl sites for hydroxylation is 1.